The van der Waals surface area contributed by atoms with Gasteiger partial charge in [-0.15, -0.1) is 0 Å². The molecular weight excluding hydrogens is 193 g/mol. The third-order valence-corrected chi connectivity index (χ3v) is 1.92. The molecule has 0 aliphatic rings. The zero-order chi connectivity index (χ0) is 9.94. The van der Waals surface area contributed by atoms with Crippen LogP contribution in [0.5, 0.6) is 0 Å². The normalized spacial score (nSPS) is 16.9. The average molecular weight is 201 g/mol. The van der Waals surface area contributed by atoms with Crippen molar-refractivity contribution in [3.8, 4) is 0 Å². The Morgan fingerprint density at radius 3 is 2.25 bits per heavy atom. The largest absolute Gasteiger partial charge is 0.480 e. The summed E-state index contributed by atoms with van der Waals surface area (Å²) in [6.45, 7) is 0. The number of halogens is 1. The Morgan fingerprint density at radius 2 is 2.00 bits per heavy atom. The van der Waals surface area contributed by atoms with E-state index in [2.05, 4.69) is 0 Å². The Bertz CT molecular complexity index is 263. The van der Waals surface area contributed by atoms with Gasteiger partial charge >= 0.3 is 5.97 Å². The molecule has 0 fully saturated rings. The van der Waals surface area contributed by atoms with Crippen LogP contribution >= 0.6 is 0 Å². The van der Waals surface area contributed by atoms with Crippen molar-refractivity contribution in [1.29, 1.82) is 0 Å². The summed E-state index contributed by atoms with van der Waals surface area (Å²) < 4.78 is 40.4. The van der Waals surface area contributed by atoms with Crippen LogP contribution in [-0.4, -0.2) is 35.6 Å². The highest BCUT2D eigenvalue weighted by Crippen LogP contribution is 2.07. The smallest absolute Gasteiger partial charge is 0.320 e. The van der Waals surface area contributed by atoms with Gasteiger partial charge in [-0.2, -0.15) is 8.42 Å². The maximum atomic E-state index is 12.3. The fraction of sp³-hybridized carbons (Fsp3) is 0.750. The molecule has 0 spiro atoms. The molecule has 0 aromatic carbocycles. The SMILES string of the molecule is N[C@@H](CC(F)S(=O)(=O)O)C(=O)O. The molecular formula is C4H8FNO5S. The van der Waals surface area contributed by atoms with Crippen LogP contribution in [0, 0.1) is 0 Å². The lowest BCUT2D eigenvalue weighted by Crippen LogP contribution is -2.35. The van der Waals surface area contributed by atoms with E-state index >= 15 is 0 Å². The van der Waals surface area contributed by atoms with E-state index < -0.39 is 34.1 Å². The number of hydrogen-bond donors (Lipinski definition) is 3. The Hall–Kier alpha value is -0.730. The summed E-state index contributed by atoms with van der Waals surface area (Å²) in [5.74, 6) is -1.53. The number of alkyl halides is 1. The number of rotatable bonds is 4. The van der Waals surface area contributed by atoms with Crippen LogP contribution in [0.2, 0.25) is 0 Å². The van der Waals surface area contributed by atoms with Crippen LogP contribution < -0.4 is 5.73 Å². The molecule has 8 heteroatoms. The molecule has 2 atom stereocenters. The number of nitrogens with two attached hydrogens (primary N) is 1. The molecule has 0 saturated heterocycles. The second-order valence-electron chi connectivity index (χ2n) is 2.11. The Kier molecular flexibility index (Phi) is 3.55. The van der Waals surface area contributed by atoms with Gasteiger partial charge in [0.15, 0.2) is 0 Å². The van der Waals surface area contributed by atoms with Crippen molar-refractivity contribution >= 4 is 16.1 Å². The summed E-state index contributed by atoms with van der Waals surface area (Å²) in [5, 5.41) is 8.13. The predicted molar refractivity (Wildman–Crippen MR) is 36.7 cm³/mol. The molecule has 0 aromatic heterocycles. The van der Waals surface area contributed by atoms with Gasteiger partial charge in [0.1, 0.15) is 6.04 Å². The molecule has 72 valence electrons. The Balaban J connectivity index is 4.20. The third kappa shape index (κ3) is 3.60. The molecule has 0 bridgehead atoms. The molecule has 1 unspecified atom stereocenters. The number of carboxylic acid groups (broad SMARTS) is 1. The average Bonchev–Trinajstić information content (AvgIpc) is 1.85. The van der Waals surface area contributed by atoms with Gasteiger partial charge in [-0.25, -0.2) is 4.39 Å². The van der Waals surface area contributed by atoms with E-state index in [1.165, 1.54) is 0 Å². The number of hydrogen-bond acceptors (Lipinski definition) is 4. The van der Waals surface area contributed by atoms with Crippen molar-refractivity contribution in [2.45, 2.75) is 18.0 Å². The minimum atomic E-state index is -4.84. The molecule has 0 heterocycles. The van der Waals surface area contributed by atoms with Crippen molar-refractivity contribution in [1.82, 2.24) is 0 Å². The number of aliphatic carboxylic acids is 1. The summed E-state index contributed by atoms with van der Waals surface area (Å²) in [5.41, 5.74) is 2.15. The van der Waals surface area contributed by atoms with E-state index in [4.69, 9.17) is 15.4 Å². The highest BCUT2D eigenvalue weighted by molar-refractivity contribution is 7.86. The molecule has 0 aliphatic carbocycles. The first-order chi connectivity index (χ1) is 5.25. The quantitative estimate of drug-likeness (QED) is 0.500. The summed E-state index contributed by atoms with van der Waals surface area (Å²) >= 11 is 0. The van der Waals surface area contributed by atoms with Crippen molar-refractivity contribution < 1.29 is 27.3 Å². The van der Waals surface area contributed by atoms with Crippen LogP contribution in [0.15, 0.2) is 0 Å². The van der Waals surface area contributed by atoms with Crippen LogP contribution in [-0.2, 0) is 14.9 Å². The zero-order valence-electron chi connectivity index (χ0n) is 5.84. The molecule has 0 rings (SSSR count). The standard InChI is InChI=1S/C4H8FNO5S/c5-3(12(9,10)11)1-2(6)4(7)8/h2-3H,1,6H2,(H,7,8)(H,9,10,11)/t2-,3?/m0/s1. The van der Waals surface area contributed by atoms with Gasteiger partial charge in [-0.1, -0.05) is 0 Å². The van der Waals surface area contributed by atoms with Crippen molar-refractivity contribution in [2.24, 2.45) is 5.73 Å². The molecule has 0 radical (unpaired) electrons. The van der Waals surface area contributed by atoms with Crippen LogP contribution in [0.25, 0.3) is 0 Å². The lowest BCUT2D eigenvalue weighted by atomic mass is 10.2. The summed E-state index contributed by atoms with van der Waals surface area (Å²) in [6, 6.07) is -1.64. The number of carboxylic acids is 1. The predicted octanol–water partition coefficient (Wildman–Crippen LogP) is -1.03. The van der Waals surface area contributed by atoms with E-state index in [0.29, 0.717) is 0 Å². The summed E-state index contributed by atoms with van der Waals surface area (Å²) in [6.07, 6.45) is -0.964. The third-order valence-electron chi connectivity index (χ3n) is 1.08. The Labute approximate surface area is 67.9 Å². The van der Waals surface area contributed by atoms with Crippen LogP contribution in [0.1, 0.15) is 6.42 Å². The summed E-state index contributed by atoms with van der Waals surface area (Å²) in [7, 11) is -4.84. The van der Waals surface area contributed by atoms with E-state index in [1.54, 1.807) is 0 Å². The molecule has 6 nitrogen and oxygen atoms in total. The van der Waals surface area contributed by atoms with Gasteiger partial charge in [0.25, 0.3) is 10.1 Å². The number of carbonyl (C=O) groups is 1. The fourth-order valence-corrected chi connectivity index (χ4v) is 0.873. The van der Waals surface area contributed by atoms with Gasteiger partial charge in [0.2, 0.25) is 5.50 Å². The molecule has 0 aliphatic heterocycles. The zero-order valence-corrected chi connectivity index (χ0v) is 6.66. The summed E-state index contributed by atoms with van der Waals surface area (Å²) in [4.78, 5) is 9.99. The first-order valence-corrected chi connectivity index (χ1v) is 4.34. The topological polar surface area (TPSA) is 118 Å². The second-order valence-corrected chi connectivity index (χ2v) is 3.65. The highest BCUT2D eigenvalue weighted by atomic mass is 32.2. The molecule has 0 saturated carbocycles. The molecule has 4 N–H and O–H groups in total. The van der Waals surface area contributed by atoms with Gasteiger partial charge in [-0.05, 0) is 0 Å². The molecule has 12 heavy (non-hydrogen) atoms. The van der Waals surface area contributed by atoms with Crippen molar-refractivity contribution in [3.05, 3.63) is 0 Å². The minimum absolute atomic E-state index is 0.964. The lowest BCUT2D eigenvalue weighted by Gasteiger charge is -2.07. The van der Waals surface area contributed by atoms with Gasteiger partial charge < -0.3 is 10.8 Å². The maximum absolute atomic E-state index is 12.3. The van der Waals surface area contributed by atoms with E-state index in [1.807, 2.05) is 0 Å². The van der Waals surface area contributed by atoms with E-state index in [0.717, 1.165) is 0 Å². The molecule has 0 amide bonds. The van der Waals surface area contributed by atoms with E-state index in [-0.39, 0.29) is 0 Å². The molecule has 0 aromatic rings. The van der Waals surface area contributed by atoms with Crippen LogP contribution in [0.4, 0.5) is 4.39 Å². The highest BCUT2D eigenvalue weighted by Gasteiger charge is 2.27. The Morgan fingerprint density at radius 1 is 1.58 bits per heavy atom. The fourth-order valence-electron chi connectivity index (χ4n) is 0.422. The monoisotopic (exact) mass is 201 g/mol. The maximum Gasteiger partial charge on any atom is 0.320 e. The van der Waals surface area contributed by atoms with Crippen molar-refractivity contribution in [2.75, 3.05) is 0 Å². The first kappa shape index (κ1) is 11.3. The second kappa shape index (κ2) is 3.78. The van der Waals surface area contributed by atoms with Crippen molar-refractivity contribution in [3.63, 3.8) is 0 Å². The first-order valence-electron chi connectivity index (χ1n) is 2.84. The van der Waals surface area contributed by atoms with Crippen LogP contribution in [0.3, 0.4) is 0 Å². The lowest BCUT2D eigenvalue weighted by molar-refractivity contribution is -0.138. The van der Waals surface area contributed by atoms with E-state index in [9.17, 15) is 17.6 Å². The van der Waals surface area contributed by atoms with Gasteiger partial charge in [-0.3, -0.25) is 9.35 Å². The van der Waals surface area contributed by atoms with Gasteiger partial charge in [0.05, 0.1) is 0 Å². The van der Waals surface area contributed by atoms with Gasteiger partial charge in [0, 0.05) is 6.42 Å². The minimum Gasteiger partial charge on any atom is -0.480 e.